The maximum Gasteiger partial charge on any atom is 0.319 e. The maximum absolute atomic E-state index is 12.5. The first-order chi connectivity index (χ1) is 13.5. The highest BCUT2D eigenvalue weighted by Gasteiger charge is 2.31. The van der Waals surface area contributed by atoms with Gasteiger partial charge in [0, 0.05) is 24.0 Å². The first-order valence-electron chi connectivity index (χ1n) is 9.44. The summed E-state index contributed by atoms with van der Waals surface area (Å²) in [5.74, 6) is 0.0266. The van der Waals surface area contributed by atoms with Crippen LogP contribution < -0.4 is 15.5 Å². The monoisotopic (exact) mass is 373 g/mol. The second-order valence-corrected chi connectivity index (χ2v) is 7.30. The van der Waals surface area contributed by atoms with E-state index in [1.54, 1.807) is 4.90 Å². The van der Waals surface area contributed by atoms with Gasteiger partial charge in [0.15, 0.2) is 0 Å². The lowest BCUT2D eigenvalue weighted by molar-refractivity contribution is -0.117. The zero-order valence-corrected chi connectivity index (χ0v) is 16.0. The van der Waals surface area contributed by atoms with Crippen molar-refractivity contribution in [3.05, 3.63) is 71.8 Å². The molecule has 3 amide bonds. The van der Waals surface area contributed by atoms with E-state index in [1.165, 1.54) is 5.56 Å². The van der Waals surface area contributed by atoms with E-state index < -0.39 is 0 Å². The number of hydrogen-bond acceptors (Lipinski definition) is 2. The molecule has 0 saturated carbocycles. The fourth-order valence-corrected chi connectivity index (χ4v) is 3.63. The van der Waals surface area contributed by atoms with Crippen molar-refractivity contribution in [3.8, 4) is 0 Å². The molecule has 0 radical (unpaired) electrons. The number of amides is 3. The van der Waals surface area contributed by atoms with Gasteiger partial charge >= 0.3 is 6.03 Å². The molecule has 142 valence electrons. The van der Waals surface area contributed by atoms with Gasteiger partial charge in [-0.25, -0.2) is 4.79 Å². The number of anilines is 2. The summed E-state index contributed by atoms with van der Waals surface area (Å²) < 4.78 is 0. The minimum atomic E-state index is -0.295. The lowest BCUT2D eigenvalue weighted by atomic mass is 10.1. The molecule has 28 heavy (non-hydrogen) atoms. The van der Waals surface area contributed by atoms with Crippen LogP contribution in [-0.4, -0.2) is 24.5 Å². The summed E-state index contributed by atoms with van der Waals surface area (Å²) in [5, 5.41) is 7.91. The Hall–Kier alpha value is -3.34. The summed E-state index contributed by atoms with van der Waals surface area (Å²) in [5.41, 5.74) is 3.98. The molecule has 0 aromatic heterocycles. The molecule has 5 heteroatoms. The molecule has 4 rings (SSSR count). The van der Waals surface area contributed by atoms with Crippen molar-refractivity contribution in [1.82, 2.24) is 5.32 Å². The first-order valence-corrected chi connectivity index (χ1v) is 9.44. The SMILES string of the molecule is Cc1ccc(N2C[C@@H](NC(=O)Nc3cccc4ccccc34)CC2=O)cc1C. The van der Waals surface area contributed by atoms with E-state index in [-0.39, 0.29) is 18.0 Å². The Labute approximate surface area is 164 Å². The van der Waals surface area contributed by atoms with Gasteiger partial charge in [0.05, 0.1) is 11.7 Å². The number of rotatable bonds is 3. The molecule has 1 fully saturated rings. The molecule has 1 heterocycles. The average Bonchev–Trinajstić information content (AvgIpc) is 3.04. The molecule has 1 saturated heterocycles. The number of aryl methyl sites for hydroxylation is 2. The molecule has 3 aromatic carbocycles. The van der Waals surface area contributed by atoms with E-state index in [0.717, 1.165) is 27.7 Å². The Morgan fingerprint density at radius 2 is 1.79 bits per heavy atom. The van der Waals surface area contributed by atoms with Gasteiger partial charge < -0.3 is 15.5 Å². The lowest BCUT2D eigenvalue weighted by Crippen LogP contribution is -2.39. The number of fused-ring (bicyclic) bond motifs is 1. The van der Waals surface area contributed by atoms with Crippen molar-refractivity contribution in [3.63, 3.8) is 0 Å². The summed E-state index contributed by atoms with van der Waals surface area (Å²) in [6.45, 7) is 4.56. The first kappa shape index (κ1) is 18.0. The minimum Gasteiger partial charge on any atom is -0.333 e. The maximum atomic E-state index is 12.5. The number of nitrogens with one attached hydrogen (secondary N) is 2. The van der Waals surface area contributed by atoms with E-state index >= 15 is 0 Å². The molecular weight excluding hydrogens is 350 g/mol. The molecule has 0 aliphatic carbocycles. The van der Waals surface area contributed by atoms with Crippen molar-refractivity contribution < 1.29 is 9.59 Å². The van der Waals surface area contributed by atoms with Crippen LogP contribution in [0.1, 0.15) is 17.5 Å². The van der Waals surface area contributed by atoms with Gasteiger partial charge in [-0.15, -0.1) is 0 Å². The number of hydrogen-bond donors (Lipinski definition) is 2. The van der Waals surface area contributed by atoms with Gasteiger partial charge in [-0.2, -0.15) is 0 Å². The minimum absolute atomic E-state index is 0.0266. The van der Waals surface area contributed by atoms with Crippen LogP contribution in [0.3, 0.4) is 0 Å². The second-order valence-electron chi connectivity index (χ2n) is 7.30. The number of benzene rings is 3. The Kier molecular flexibility index (Phi) is 4.74. The van der Waals surface area contributed by atoms with Crippen LogP contribution in [0.5, 0.6) is 0 Å². The zero-order valence-electron chi connectivity index (χ0n) is 16.0. The Balaban J connectivity index is 1.44. The van der Waals surface area contributed by atoms with E-state index in [9.17, 15) is 9.59 Å². The fraction of sp³-hybridized carbons (Fsp3) is 0.217. The van der Waals surface area contributed by atoms with Gasteiger partial charge in [-0.3, -0.25) is 4.79 Å². The summed E-state index contributed by atoms with van der Waals surface area (Å²) in [7, 11) is 0. The van der Waals surface area contributed by atoms with Crippen LogP contribution in [0.2, 0.25) is 0 Å². The van der Waals surface area contributed by atoms with Gasteiger partial charge in [0.1, 0.15) is 0 Å². The van der Waals surface area contributed by atoms with Crippen LogP contribution in [0.4, 0.5) is 16.2 Å². The quantitative estimate of drug-likeness (QED) is 0.715. The lowest BCUT2D eigenvalue weighted by Gasteiger charge is -2.18. The van der Waals surface area contributed by atoms with Gasteiger partial charge in [0.2, 0.25) is 5.91 Å². The highest BCUT2D eigenvalue weighted by atomic mass is 16.2. The molecule has 0 bridgehead atoms. The molecular formula is C23H23N3O2. The third-order valence-electron chi connectivity index (χ3n) is 5.30. The molecule has 1 aliphatic rings. The summed E-state index contributed by atoms with van der Waals surface area (Å²) in [6, 6.07) is 19.2. The van der Waals surface area contributed by atoms with Crippen LogP contribution in [0.25, 0.3) is 10.8 Å². The number of nitrogens with zero attached hydrogens (tertiary/aromatic N) is 1. The number of carbonyl (C=O) groups is 2. The molecule has 1 atom stereocenters. The Bertz CT molecular complexity index is 1060. The normalized spacial score (nSPS) is 16.4. The summed E-state index contributed by atoms with van der Waals surface area (Å²) in [4.78, 5) is 26.7. The summed E-state index contributed by atoms with van der Waals surface area (Å²) >= 11 is 0. The van der Waals surface area contributed by atoms with Crippen molar-refractivity contribution in [1.29, 1.82) is 0 Å². The number of carbonyl (C=O) groups excluding carboxylic acids is 2. The molecule has 0 unspecified atom stereocenters. The van der Waals surface area contributed by atoms with E-state index in [4.69, 9.17) is 0 Å². The van der Waals surface area contributed by atoms with Crippen molar-refractivity contribution in [2.75, 3.05) is 16.8 Å². The molecule has 0 spiro atoms. The third kappa shape index (κ3) is 3.56. The molecule has 2 N–H and O–H groups in total. The second kappa shape index (κ2) is 7.35. The van der Waals surface area contributed by atoms with Gasteiger partial charge in [0.25, 0.3) is 0 Å². The Morgan fingerprint density at radius 3 is 2.61 bits per heavy atom. The predicted octanol–water partition coefficient (Wildman–Crippen LogP) is 4.38. The van der Waals surface area contributed by atoms with E-state index in [0.29, 0.717) is 13.0 Å². The van der Waals surface area contributed by atoms with E-state index in [1.807, 2.05) is 74.5 Å². The average molecular weight is 373 g/mol. The van der Waals surface area contributed by atoms with Crippen molar-refractivity contribution in [2.45, 2.75) is 26.3 Å². The topological polar surface area (TPSA) is 61.4 Å². The zero-order chi connectivity index (χ0) is 19.7. The largest absolute Gasteiger partial charge is 0.333 e. The highest BCUT2D eigenvalue weighted by molar-refractivity contribution is 6.02. The standard InChI is InChI=1S/C23H23N3O2/c1-15-10-11-19(12-16(15)2)26-14-18(13-22(26)27)24-23(28)25-21-9-5-7-17-6-3-4-8-20(17)21/h3-12,18H,13-14H2,1-2H3,(H2,24,25,28)/t18-/m0/s1. The third-order valence-corrected chi connectivity index (χ3v) is 5.30. The predicted molar refractivity (Wildman–Crippen MR) is 113 cm³/mol. The van der Waals surface area contributed by atoms with Crippen molar-refractivity contribution >= 4 is 34.1 Å². The molecule has 1 aliphatic heterocycles. The summed E-state index contributed by atoms with van der Waals surface area (Å²) in [6.07, 6.45) is 0.301. The van der Waals surface area contributed by atoms with Crippen LogP contribution in [-0.2, 0) is 4.79 Å². The number of urea groups is 1. The van der Waals surface area contributed by atoms with E-state index in [2.05, 4.69) is 10.6 Å². The van der Waals surface area contributed by atoms with Crippen LogP contribution in [0, 0.1) is 13.8 Å². The van der Waals surface area contributed by atoms with Crippen molar-refractivity contribution in [2.24, 2.45) is 0 Å². The van der Waals surface area contributed by atoms with Crippen LogP contribution >= 0.6 is 0 Å². The Morgan fingerprint density at radius 1 is 1.00 bits per heavy atom. The highest BCUT2D eigenvalue weighted by Crippen LogP contribution is 2.25. The molecule has 3 aromatic rings. The van der Waals surface area contributed by atoms with Gasteiger partial charge in [-0.05, 0) is 48.6 Å². The molecule has 5 nitrogen and oxygen atoms in total. The smallest absolute Gasteiger partial charge is 0.319 e. The fourth-order valence-electron chi connectivity index (χ4n) is 3.63. The van der Waals surface area contributed by atoms with Crippen LogP contribution in [0.15, 0.2) is 60.7 Å². The van der Waals surface area contributed by atoms with Gasteiger partial charge in [-0.1, -0.05) is 42.5 Å².